The average Bonchev–Trinajstić information content (AvgIpc) is 2.64. The highest BCUT2D eigenvalue weighted by atomic mass is 16.1. The number of anilines is 2. The van der Waals surface area contributed by atoms with Crippen molar-refractivity contribution >= 4 is 17.3 Å². The maximum atomic E-state index is 12.3. The average molecular weight is 317 g/mol. The minimum absolute atomic E-state index is 0.166. The third kappa shape index (κ3) is 4.43. The molecule has 0 unspecified atom stereocenters. The Morgan fingerprint density at radius 3 is 2.33 bits per heavy atom. The molecule has 0 aliphatic heterocycles. The Morgan fingerprint density at radius 1 is 0.875 bits per heavy atom. The molecule has 2 N–H and O–H groups in total. The van der Waals surface area contributed by atoms with Gasteiger partial charge >= 0.3 is 0 Å². The summed E-state index contributed by atoms with van der Waals surface area (Å²) in [5.41, 5.74) is 3.41. The predicted octanol–water partition coefficient (Wildman–Crippen LogP) is 3.99. The lowest BCUT2D eigenvalue weighted by Crippen LogP contribution is -2.13. The molecule has 1 amide bonds. The number of carbonyl (C=O) groups excluding carboxylic acids is 1. The number of hydrogen-bond donors (Lipinski definition) is 2. The zero-order valence-corrected chi connectivity index (χ0v) is 13.3. The van der Waals surface area contributed by atoms with Crippen LogP contribution in [0, 0.1) is 0 Å². The molecule has 3 aromatic rings. The van der Waals surface area contributed by atoms with Crippen molar-refractivity contribution in [2.75, 3.05) is 17.2 Å². The predicted molar refractivity (Wildman–Crippen MR) is 97.3 cm³/mol. The van der Waals surface area contributed by atoms with E-state index in [9.17, 15) is 4.79 Å². The molecule has 24 heavy (non-hydrogen) atoms. The van der Waals surface area contributed by atoms with E-state index in [2.05, 4.69) is 27.8 Å². The first-order chi connectivity index (χ1) is 11.8. The topological polar surface area (TPSA) is 54.0 Å². The van der Waals surface area contributed by atoms with Crippen LogP contribution in [0.3, 0.4) is 0 Å². The summed E-state index contributed by atoms with van der Waals surface area (Å²) < 4.78 is 0. The molecule has 0 aliphatic rings. The smallest absolute Gasteiger partial charge is 0.257 e. The summed E-state index contributed by atoms with van der Waals surface area (Å²) in [6.45, 7) is 0.787. The largest absolute Gasteiger partial charge is 0.383 e. The van der Waals surface area contributed by atoms with Crippen LogP contribution >= 0.6 is 0 Å². The van der Waals surface area contributed by atoms with Crippen molar-refractivity contribution in [1.82, 2.24) is 4.98 Å². The second-order valence-electron chi connectivity index (χ2n) is 5.44. The van der Waals surface area contributed by atoms with Crippen LogP contribution in [-0.4, -0.2) is 17.4 Å². The Balaban J connectivity index is 1.58. The summed E-state index contributed by atoms with van der Waals surface area (Å²) >= 11 is 0. The van der Waals surface area contributed by atoms with Crippen LogP contribution in [0.2, 0.25) is 0 Å². The van der Waals surface area contributed by atoms with E-state index in [-0.39, 0.29) is 5.91 Å². The van der Waals surface area contributed by atoms with Crippen molar-refractivity contribution in [3.8, 4) is 0 Å². The van der Waals surface area contributed by atoms with Crippen LogP contribution in [0.4, 0.5) is 11.4 Å². The molecule has 0 aliphatic carbocycles. The number of rotatable bonds is 6. The van der Waals surface area contributed by atoms with Crippen molar-refractivity contribution < 1.29 is 4.79 Å². The molecule has 0 spiro atoms. The van der Waals surface area contributed by atoms with Gasteiger partial charge in [0.05, 0.1) is 11.3 Å². The van der Waals surface area contributed by atoms with Crippen LogP contribution in [0.5, 0.6) is 0 Å². The van der Waals surface area contributed by atoms with Crippen LogP contribution in [0.25, 0.3) is 0 Å². The number of benzene rings is 2. The fraction of sp³-hybridized carbons (Fsp3) is 0.100. The van der Waals surface area contributed by atoms with E-state index >= 15 is 0 Å². The molecule has 1 heterocycles. The van der Waals surface area contributed by atoms with Gasteiger partial charge in [-0.3, -0.25) is 9.78 Å². The molecule has 1 aromatic heterocycles. The standard InChI is InChI=1S/C20H19N3O/c24-20(23-18-9-5-2-6-10-18)17-13-19(15-21-14-17)22-12-11-16-7-3-1-4-8-16/h1-10,13-15,22H,11-12H2,(H,23,24). The van der Waals surface area contributed by atoms with Gasteiger partial charge in [-0.25, -0.2) is 0 Å². The number of para-hydroxylation sites is 1. The van der Waals surface area contributed by atoms with E-state index in [0.717, 1.165) is 24.3 Å². The molecule has 2 aromatic carbocycles. The molecular weight excluding hydrogens is 298 g/mol. The number of carbonyl (C=O) groups is 1. The van der Waals surface area contributed by atoms with Gasteiger partial charge < -0.3 is 10.6 Å². The molecule has 0 bridgehead atoms. The van der Waals surface area contributed by atoms with Gasteiger partial charge in [-0.1, -0.05) is 48.5 Å². The van der Waals surface area contributed by atoms with Crippen molar-refractivity contribution in [1.29, 1.82) is 0 Å². The van der Waals surface area contributed by atoms with Crippen LogP contribution in [0.15, 0.2) is 79.1 Å². The van der Waals surface area contributed by atoms with Gasteiger partial charge in [0.2, 0.25) is 0 Å². The van der Waals surface area contributed by atoms with Gasteiger partial charge in [-0.15, -0.1) is 0 Å². The second-order valence-corrected chi connectivity index (χ2v) is 5.44. The number of nitrogens with one attached hydrogen (secondary N) is 2. The van der Waals surface area contributed by atoms with Gasteiger partial charge in [0.25, 0.3) is 5.91 Å². The molecule has 0 saturated heterocycles. The van der Waals surface area contributed by atoms with Gasteiger partial charge in [-0.05, 0) is 30.2 Å². The maximum absolute atomic E-state index is 12.3. The maximum Gasteiger partial charge on any atom is 0.257 e. The van der Waals surface area contributed by atoms with E-state index in [1.54, 1.807) is 12.4 Å². The summed E-state index contributed by atoms with van der Waals surface area (Å²) in [6, 6.07) is 21.5. The molecule has 0 radical (unpaired) electrons. The number of nitrogens with zero attached hydrogens (tertiary/aromatic N) is 1. The third-order valence-corrected chi connectivity index (χ3v) is 3.62. The molecule has 4 heteroatoms. The summed E-state index contributed by atoms with van der Waals surface area (Å²) in [5.74, 6) is -0.166. The highest BCUT2D eigenvalue weighted by Crippen LogP contribution is 2.12. The fourth-order valence-electron chi connectivity index (χ4n) is 2.38. The Kier molecular flexibility index (Phi) is 5.20. The minimum Gasteiger partial charge on any atom is -0.383 e. The van der Waals surface area contributed by atoms with E-state index in [0.29, 0.717) is 5.56 Å². The molecule has 0 atom stereocenters. The number of pyridine rings is 1. The van der Waals surface area contributed by atoms with E-state index < -0.39 is 0 Å². The number of amides is 1. The molecule has 4 nitrogen and oxygen atoms in total. The van der Waals surface area contributed by atoms with Crippen molar-refractivity contribution in [2.45, 2.75) is 6.42 Å². The number of aromatic nitrogens is 1. The first-order valence-corrected chi connectivity index (χ1v) is 7.90. The summed E-state index contributed by atoms with van der Waals surface area (Å²) in [6.07, 6.45) is 4.21. The Bertz CT molecular complexity index is 788. The van der Waals surface area contributed by atoms with Gasteiger partial charge in [0, 0.05) is 24.6 Å². The summed E-state index contributed by atoms with van der Waals surface area (Å²) in [4.78, 5) is 16.4. The summed E-state index contributed by atoms with van der Waals surface area (Å²) in [5, 5.41) is 6.17. The zero-order valence-electron chi connectivity index (χ0n) is 13.3. The van der Waals surface area contributed by atoms with E-state index in [4.69, 9.17) is 0 Å². The Hall–Kier alpha value is -3.14. The lowest BCUT2D eigenvalue weighted by Gasteiger charge is -2.09. The Labute approximate surface area is 141 Å². The van der Waals surface area contributed by atoms with Crippen molar-refractivity contribution in [2.24, 2.45) is 0 Å². The fourth-order valence-corrected chi connectivity index (χ4v) is 2.38. The first-order valence-electron chi connectivity index (χ1n) is 7.90. The van der Waals surface area contributed by atoms with Gasteiger partial charge in [0.15, 0.2) is 0 Å². The Morgan fingerprint density at radius 2 is 1.58 bits per heavy atom. The molecule has 120 valence electrons. The van der Waals surface area contributed by atoms with Gasteiger partial charge in [-0.2, -0.15) is 0 Å². The SMILES string of the molecule is O=C(Nc1ccccc1)c1cncc(NCCc2ccccc2)c1. The highest BCUT2D eigenvalue weighted by Gasteiger charge is 2.07. The van der Waals surface area contributed by atoms with Crippen LogP contribution < -0.4 is 10.6 Å². The number of hydrogen-bond acceptors (Lipinski definition) is 3. The molecular formula is C20H19N3O. The monoisotopic (exact) mass is 317 g/mol. The van der Waals surface area contributed by atoms with E-state index in [1.165, 1.54) is 5.56 Å². The minimum atomic E-state index is -0.166. The normalized spacial score (nSPS) is 10.2. The lowest BCUT2D eigenvalue weighted by atomic mass is 10.1. The van der Waals surface area contributed by atoms with Crippen molar-refractivity contribution in [3.05, 3.63) is 90.3 Å². The zero-order chi connectivity index (χ0) is 16.6. The molecule has 0 saturated carbocycles. The van der Waals surface area contributed by atoms with Crippen LogP contribution in [-0.2, 0) is 6.42 Å². The van der Waals surface area contributed by atoms with Gasteiger partial charge in [0.1, 0.15) is 0 Å². The molecule has 3 rings (SSSR count). The van der Waals surface area contributed by atoms with Crippen molar-refractivity contribution in [3.63, 3.8) is 0 Å². The quantitative estimate of drug-likeness (QED) is 0.723. The van der Waals surface area contributed by atoms with E-state index in [1.807, 2.05) is 54.6 Å². The second kappa shape index (κ2) is 7.92. The van der Waals surface area contributed by atoms with Crippen LogP contribution in [0.1, 0.15) is 15.9 Å². The molecule has 0 fully saturated rings. The third-order valence-electron chi connectivity index (χ3n) is 3.62. The first kappa shape index (κ1) is 15.7. The lowest BCUT2D eigenvalue weighted by molar-refractivity contribution is 0.102. The summed E-state index contributed by atoms with van der Waals surface area (Å²) in [7, 11) is 0. The highest BCUT2D eigenvalue weighted by molar-refractivity contribution is 6.04.